The van der Waals surface area contributed by atoms with E-state index in [1.165, 1.54) is 19.3 Å². The molecule has 2 N–H and O–H groups in total. The fourth-order valence-corrected chi connectivity index (χ4v) is 2.25. The van der Waals surface area contributed by atoms with Crippen molar-refractivity contribution in [3.05, 3.63) is 10.7 Å². The van der Waals surface area contributed by atoms with Crippen LogP contribution in [0.2, 0.25) is 0 Å². The lowest BCUT2D eigenvalue weighted by Crippen LogP contribution is -2.39. The van der Waals surface area contributed by atoms with Crippen molar-refractivity contribution in [2.75, 3.05) is 25.5 Å². The standard InChI is InChI=1S/C11H17BrN4O/c1-17-10-9(12)7-15-11(16-10)14-6-8-4-2-3-5-13-8/h7-8,13H,2-6H2,1H3,(H,14,15,16). The van der Waals surface area contributed by atoms with E-state index in [-0.39, 0.29) is 0 Å². The zero-order valence-corrected chi connectivity index (χ0v) is 11.5. The molecule has 94 valence electrons. The second kappa shape index (κ2) is 6.16. The van der Waals surface area contributed by atoms with Crippen LogP contribution in [0.5, 0.6) is 5.88 Å². The van der Waals surface area contributed by atoms with Gasteiger partial charge in [0.2, 0.25) is 11.8 Å². The van der Waals surface area contributed by atoms with Gasteiger partial charge in [0, 0.05) is 12.6 Å². The van der Waals surface area contributed by atoms with E-state index >= 15 is 0 Å². The normalized spacial score (nSPS) is 20.0. The molecule has 5 nitrogen and oxygen atoms in total. The molecule has 1 aliphatic heterocycles. The minimum absolute atomic E-state index is 0.516. The molecule has 0 saturated carbocycles. The predicted molar refractivity (Wildman–Crippen MR) is 70.4 cm³/mol. The Balaban J connectivity index is 1.89. The van der Waals surface area contributed by atoms with Gasteiger partial charge in [-0.15, -0.1) is 0 Å². The summed E-state index contributed by atoms with van der Waals surface area (Å²) in [5.74, 6) is 1.16. The van der Waals surface area contributed by atoms with Crippen LogP contribution >= 0.6 is 15.9 Å². The number of ether oxygens (including phenoxy) is 1. The highest BCUT2D eigenvalue weighted by Crippen LogP contribution is 2.21. The van der Waals surface area contributed by atoms with Gasteiger partial charge in [-0.05, 0) is 35.3 Å². The summed E-state index contributed by atoms with van der Waals surface area (Å²) in [6.45, 7) is 1.96. The van der Waals surface area contributed by atoms with Crippen molar-refractivity contribution in [1.82, 2.24) is 15.3 Å². The van der Waals surface area contributed by atoms with Crippen molar-refractivity contribution in [3.8, 4) is 5.88 Å². The highest BCUT2D eigenvalue weighted by atomic mass is 79.9. The number of aromatic nitrogens is 2. The van der Waals surface area contributed by atoms with Gasteiger partial charge in [0.25, 0.3) is 0 Å². The highest BCUT2D eigenvalue weighted by Gasteiger charge is 2.12. The number of nitrogens with one attached hydrogen (secondary N) is 2. The van der Waals surface area contributed by atoms with Crippen LogP contribution in [0, 0.1) is 0 Å². The lowest BCUT2D eigenvalue weighted by molar-refractivity contribution is 0.393. The molecule has 1 fully saturated rings. The minimum Gasteiger partial charge on any atom is -0.480 e. The zero-order chi connectivity index (χ0) is 12.1. The Bertz CT molecular complexity index is 368. The summed E-state index contributed by atoms with van der Waals surface area (Å²) >= 11 is 3.33. The van der Waals surface area contributed by atoms with E-state index in [0.717, 1.165) is 17.6 Å². The van der Waals surface area contributed by atoms with Gasteiger partial charge in [0.1, 0.15) is 0 Å². The van der Waals surface area contributed by atoms with E-state index in [0.29, 0.717) is 17.9 Å². The molecule has 0 radical (unpaired) electrons. The second-order valence-corrected chi connectivity index (χ2v) is 4.93. The Morgan fingerprint density at radius 2 is 2.47 bits per heavy atom. The molecule has 1 aromatic heterocycles. The Hall–Kier alpha value is -0.880. The van der Waals surface area contributed by atoms with Gasteiger partial charge in [0.05, 0.1) is 17.8 Å². The first-order valence-corrected chi connectivity index (χ1v) is 6.62. The molecule has 6 heteroatoms. The summed E-state index contributed by atoms with van der Waals surface area (Å²) in [5, 5.41) is 6.70. The van der Waals surface area contributed by atoms with Crippen molar-refractivity contribution >= 4 is 21.9 Å². The van der Waals surface area contributed by atoms with Crippen LogP contribution in [0.25, 0.3) is 0 Å². The molecule has 0 amide bonds. The molecule has 1 unspecified atom stereocenters. The van der Waals surface area contributed by atoms with Crippen LogP contribution in [-0.4, -0.2) is 36.2 Å². The van der Waals surface area contributed by atoms with Crippen LogP contribution in [0.15, 0.2) is 10.7 Å². The van der Waals surface area contributed by atoms with Gasteiger partial charge in [-0.2, -0.15) is 4.98 Å². The Morgan fingerprint density at radius 3 is 3.18 bits per heavy atom. The van der Waals surface area contributed by atoms with Crippen molar-refractivity contribution in [1.29, 1.82) is 0 Å². The van der Waals surface area contributed by atoms with Gasteiger partial charge in [-0.25, -0.2) is 4.98 Å². The van der Waals surface area contributed by atoms with Gasteiger partial charge in [-0.1, -0.05) is 6.42 Å². The van der Waals surface area contributed by atoms with Crippen LogP contribution in [0.4, 0.5) is 5.95 Å². The molecule has 17 heavy (non-hydrogen) atoms. The molecular weight excluding hydrogens is 284 g/mol. The monoisotopic (exact) mass is 300 g/mol. The first kappa shape index (κ1) is 12.6. The van der Waals surface area contributed by atoms with E-state index in [4.69, 9.17) is 4.74 Å². The highest BCUT2D eigenvalue weighted by molar-refractivity contribution is 9.10. The average Bonchev–Trinajstić information content (AvgIpc) is 2.39. The quantitative estimate of drug-likeness (QED) is 0.888. The van der Waals surface area contributed by atoms with Crippen molar-refractivity contribution in [3.63, 3.8) is 0 Å². The summed E-state index contributed by atoms with van der Waals surface area (Å²) in [7, 11) is 1.60. The van der Waals surface area contributed by atoms with E-state index < -0.39 is 0 Å². The first-order valence-electron chi connectivity index (χ1n) is 5.83. The van der Waals surface area contributed by atoms with Gasteiger partial charge in [0.15, 0.2) is 0 Å². The molecule has 0 bridgehead atoms. The van der Waals surface area contributed by atoms with Crippen molar-refractivity contribution in [2.24, 2.45) is 0 Å². The van der Waals surface area contributed by atoms with Crippen LogP contribution in [0.1, 0.15) is 19.3 Å². The van der Waals surface area contributed by atoms with Gasteiger partial charge in [-0.3, -0.25) is 0 Å². The number of halogens is 1. The maximum Gasteiger partial charge on any atom is 0.232 e. The van der Waals surface area contributed by atoms with E-state index in [1.54, 1.807) is 13.3 Å². The molecule has 1 atom stereocenters. The third-order valence-electron chi connectivity index (χ3n) is 2.82. The number of nitrogens with zero attached hydrogens (tertiary/aromatic N) is 2. The molecule has 1 aromatic rings. The van der Waals surface area contributed by atoms with E-state index in [1.807, 2.05) is 0 Å². The molecule has 2 heterocycles. The number of rotatable bonds is 4. The second-order valence-electron chi connectivity index (χ2n) is 4.08. The van der Waals surface area contributed by atoms with Gasteiger partial charge >= 0.3 is 0 Å². The number of anilines is 1. The predicted octanol–water partition coefficient (Wildman–Crippen LogP) is 1.80. The minimum atomic E-state index is 0.516. The molecule has 1 aliphatic rings. The Kier molecular flexibility index (Phi) is 4.56. The molecule has 0 aliphatic carbocycles. The van der Waals surface area contributed by atoms with Gasteiger partial charge < -0.3 is 15.4 Å². The maximum atomic E-state index is 5.12. The van der Waals surface area contributed by atoms with Crippen LogP contribution in [0.3, 0.4) is 0 Å². The third kappa shape index (κ3) is 3.54. The Labute approximate surface area is 110 Å². The summed E-state index contributed by atoms with van der Waals surface area (Å²) in [6, 6.07) is 0.516. The fraction of sp³-hybridized carbons (Fsp3) is 0.636. The van der Waals surface area contributed by atoms with Crippen molar-refractivity contribution in [2.45, 2.75) is 25.3 Å². The smallest absolute Gasteiger partial charge is 0.232 e. The number of piperidine rings is 1. The topological polar surface area (TPSA) is 59.1 Å². The zero-order valence-electron chi connectivity index (χ0n) is 9.87. The lowest BCUT2D eigenvalue weighted by atomic mass is 10.1. The molecular formula is C11H17BrN4O. The summed E-state index contributed by atoms with van der Waals surface area (Å²) < 4.78 is 5.89. The first-order chi connectivity index (χ1) is 8.29. The fourth-order valence-electron chi connectivity index (χ4n) is 1.89. The SMILES string of the molecule is COc1nc(NCC2CCCCN2)ncc1Br. The Morgan fingerprint density at radius 1 is 1.59 bits per heavy atom. The summed E-state index contributed by atoms with van der Waals surface area (Å²) in [4.78, 5) is 8.45. The number of hydrogen-bond acceptors (Lipinski definition) is 5. The van der Waals surface area contributed by atoms with Crippen molar-refractivity contribution < 1.29 is 4.74 Å². The molecule has 0 aromatic carbocycles. The lowest BCUT2D eigenvalue weighted by Gasteiger charge is -2.23. The number of hydrogen-bond donors (Lipinski definition) is 2. The average molecular weight is 301 g/mol. The van der Waals surface area contributed by atoms with E-state index in [9.17, 15) is 0 Å². The molecule has 1 saturated heterocycles. The maximum absolute atomic E-state index is 5.12. The largest absolute Gasteiger partial charge is 0.480 e. The summed E-state index contributed by atoms with van der Waals surface area (Å²) in [6.07, 6.45) is 5.48. The molecule has 0 spiro atoms. The molecule has 2 rings (SSSR count). The van der Waals surface area contributed by atoms with Crippen LogP contribution < -0.4 is 15.4 Å². The van der Waals surface area contributed by atoms with E-state index in [2.05, 4.69) is 36.5 Å². The third-order valence-corrected chi connectivity index (χ3v) is 3.37. The summed E-state index contributed by atoms with van der Waals surface area (Å²) in [5.41, 5.74) is 0. The van der Waals surface area contributed by atoms with Crippen LogP contribution in [-0.2, 0) is 0 Å². The number of methoxy groups -OCH3 is 1.